The van der Waals surface area contributed by atoms with Crippen molar-refractivity contribution in [2.24, 2.45) is 0 Å². The van der Waals surface area contributed by atoms with E-state index >= 15 is 0 Å². The van der Waals surface area contributed by atoms with Crippen LogP contribution in [0.3, 0.4) is 0 Å². The summed E-state index contributed by atoms with van der Waals surface area (Å²) in [7, 11) is 0. The average Bonchev–Trinajstić information content (AvgIpc) is 2.35. The largest absolute Gasteiger partial charge is 0.338 e. The van der Waals surface area contributed by atoms with Gasteiger partial charge in [-0.2, -0.15) is 0 Å². The number of amides is 1. The number of hydrogen-bond acceptors (Lipinski definition) is 2. The van der Waals surface area contributed by atoms with E-state index in [2.05, 4.69) is 18.8 Å². The van der Waals surface area contributed by atoms with Crippen LogP contribution in [0, 0.1) is 0 Å². The second-order valence-electron chi connectivity index (χ2n) is 4.86. The van der Waals surface area contributed by atoms with E-state index in [0.29, 0.717) is 6.42 Å². The van der Waals surface area contributed by atoms with Crippen LogP contribution in [0.2, 0.25) is 0 Å². The Labute approximate surface area is 106 Å². The van der Waals surface area contributed by atoms with Gasteiger partial charge in [0.1, 0.15) is 0 Å². The van der Waals surface area contributed by atoms with Crippen LogP contribution in [0.25, 0.3) is 0 Å². The molecular formula is C14H18N2O2. The molecule has 4 nitrogen and oxygen atoms in total. The lowest BCUT2D eigenvalue weighted by Crippen LogP contribution is -2.37. The number of aromatic amines is 1. The first-order valence-corrected chi connectivity index (χ1v) is 6.17. The summed E-state index contributed by atoms with van der Waals surface area (Å²) in [5, 5.41) is 0. The van der Waals surface area contributed by atoms with Crippen LogP contribution in [0.5, 0.6) is 0 Å². The predicted molar refractivity (Wildman–Crippen MR) is 70.3 cm³/mol. The van der Waals surface area contributed by atoms with Gasteiger partial charge in [0.25, 0.3) is 0 Å². The third-order valence-electron chi connectivity index (χ3n) is 3.47. The SMILES string of the molecule is CC1=C(C)CN(C(=O)Cc2ccc(=O)[nH]c2)CC1. The summed E-state index contributed by atoms with van der Waals surface area (Å²) in [6, 6.07) is 3.16. The van der Waals surface area contributed by atoms with E-state index in [1.807, 2.05) is 4.90 Å². The van der Waals surface area contributed by atoms with Gasteiger partial charge in [0.2, 0.25) is 11.5 Å². The molecule has 1 aromatic heterocycles. The van der Waals surface area contributed by atoms with E-state index in [1.54, 1.807) is 12.3 Å². The van der Waals surface area contributed by atoms with Crippen molar-refractivity contribution in [3.05, 3.63) is 45.4 Å². The van der Waals surface area contributed by atoms with Crippen LogP contribution in [-0.2, 0) is 11.2 Å². The number of hydrogen-bond donors (Lipinski definition) is 1. The number of H-pyrrole nitrogens is 1. The van der Waals surface area contributed by atoms with Crippen molar-refractivity contribution in [3.63, 3.8) is 0 Å². The Balaban J connectivity index is 2.01. The molecule has 0 aliphatic carbocycles. The zero-order valence-corrected chi connectivity index (χ0v) is 10.8. The predicted octanol–water partition coefficient (Wildman–Crippen LogP) is 1.49. The molecule has 0 saturated carbocycles. The lowest BCUT2D eigenvalue weighted by molar-refractivity contribution is -0.130. The Hall–Kier alpha value is -1.84. The zero-order chi connectivity index (χ0) is 13.1. The Morgan fingerprint density at radius 2 is 2.11 bits per heavy atom. The van der Waals surface area contributed by atoms with Crippen LogP contribution < -0.4 is 5.56 Å². The van der Waals surface area contributed by atoms with Crippen molar-refractivity contribution < 1.29 is 4.79 Å². The fourth-order valence-electron chi connectivity index (χ4n) is 2.07. The number of rotatable bonds is 2. The number of nitrogens with zero attached hydrogens (tertiary/aromatic N) is 1. The van der Waals surface area contributed by atoms with Crippen molar-refractivity contribution in [1.82, 2.24) is 9.88 Å². The van der Waals surface area contributed by atoms with Crippen molar-refractivity contribution >= 4 is 5.91 Å². The van der Waals surface area contributed by atoms with Gasteiger partial charge in [0, 0.05) is 25.4 Å². The molecule has 96 valence electrons. The molecule has 0 spiro atoms. The number of aromatic nitrogens is 1. The molecule has 2 rings (SSSR count). The Bertz CT molecular complexity index is 522. The maximum Gasteiger partial charge on any atom is 0.247 e. The minimum Gasteiger partial charge on any atom is -0.338 e. The van der Waals surface area contributed by atoms with E-state index in [1.165, 1.54) is 17.2 Å². The molecule has 1 aromatic rings. The molecule has 18 heavy (non-hydrogen) atoms. The number of carbonyl (C=O) groups is 1. The van der Waals surface area contributed by atoms with Crippen molar-refractivity contribution in [1.29, 1.82) is 0 Å². The monoisotopic (exact) mass is 246 g/mol. The molecule has 2 heterocycles. The first-order chi connectivity index (χ1) is 8.56. The molecule has 0 saturated heterocycles. The van der Waals surface area contributed by atoms with Crippen LogP contribution in [-0.4, -0.2) is 28.9 Å². The quantitative estimate of drug-likeness (QED) is 0.804. The second-order valence-corrected chi connectivity index (χ2v) is 4.86. The Morgan fingerprint density at radius 3 is 2.72 bits per heavy atom. The van der Waals surface area contributed by atoms with Gasteiger partial charge in [0.05, 0.1) is 6.42 Å². The maximum atomic E-state index is 12.1. The second kappa shape index (κ2) is 5.21. The van der Waals surface area contributed by atoms with Gasteiger partial charge in [-0.3, -0.25) is 9.59 Å². The minimum atomic E-state index is -0.140. The Morgan fingerprint density at radius 1 is 1.33 bits per heavy atom. The molecule has 4 heteroatoms. The van der Waals surface area contributed by atoms with E-state index < -0.39 is 0 Å². The lowest BCUT2D eigenvalue weighted by Gasteiger charge is -2.28. The average molecular weight is 246 g/mol. The molecule has 0 atom stereocenters. The first-order valence-electron chi connectivity index (χ1n) is 6.17. The van der Waals surface area contributed by atoms with Gasteiger partial charge in [0.15, 0.2) is 0 Å². The summed E-state index contributed by atoms with van der Waals surface area (Å²) >= 11 is 0. The molecule has 0 radical (unpaired) electrons. The molecule has 0 fully saturated rings. The summed E-state index contributed by atoms with van der Waals surface area (Å²) in [6.45, 7) is 5.73. The molecule has 1 amide bonds. The normalized spacial score (nSPS) is 16.0. The highest BCUT2D eigenvalue weighted by Crippen LogP contribution is 2.17. The van der Waals surface area contributed by atoms with Crippen molar-refractivity contribution in [2.75, 3.05) is 13.1 Å². The standard InChI is InChI=1S/C14H18N2O2/c1-10-5-6-16(9-11(10)2)14(18)7-12-3-4-13(17)15-8-12/h3-4,8H,5-7,9H2,1-2H3,(H,15,17). The van der Waals surface area contributed by atoms with Crippen LogP contribution >= 0.6 is 0 Å². The molecule has 1 aliphatic rings. The molecule has 0 unspecified atom stereocenters. The Kier molecular flexibility index (Phi) is 3.65. The van der Waals surface area contributed by atoms with Crippen LogP contribution in [0.4, 0.5) is 0 Å². The molecular weight excluding hydrogens is 228 g/mol. The van der Waals surface area contributed by atoms with Gasteiger partial charge >= 0.3 is 0 Å². The summed E-state index contributed by atoms with van der Waals surface area (Å²) in [5.74, 6) is 0.119. The molecule has 0 aromatic carbocycles. The fourth-order valence-corrected chi connectivity index (χ4v) is 2.07. The number of pyridine rings is 1. The van der Waals surface area contributed by atoms with Crippen molar-refractivity contribution in [3.8, 4) is 0 Å². The lowest BCUT2D eigenvalue weighted by atomic mass is 10.0. The van der Waals surface area contributed by atoms with Gasteiger partial charge in [-0.15, -0.1) is 0 Å². The minimum absolute atomic E-state index is 0.119. The maximum absolute atomic E-state index is 12.1. The summed E-state index contributed by atoms with van der Waals surface area (Å²) in [6.07, 6.45) is 2.92. The van der Waals surface area contributed by atoms with E-state index in [-0.39, 0.29) is 11.5 Å². The third kappa shape index (κ3) is 2.88. The van der Waals surface area contributed by atoms with E-state index in [0.717, 1.165) is 25.1 Å². The zero-order valence-electron chi connectivity index (χ0n) is 10.8. The van der Waals surface area contributed by atoms with Gasteiger partial charge in [-0.1, -0.05) is 17.2 Å². The molecule has 1 aliphatic heterocycles. The van der Waals surface area contributed by atoms with Gasteiger partial charge in [-0.05, 0) is 25.8 Å². The highest BCUT2D eigenvalue weighted by atomic mass is 16.2. The van der Waals surface area contributed by atoms with Crippen molar-refractivity contribution in [2.45, 2.75) is 26.7 Å². The summed E-state index contributed by atoms with van der Waals surface area (Å²) in [4.78, 5) is 27.5. The topological polar surface area (TPSA) is 53.2 Å². The van der Waals surface area contributed by atoms with Gasteiger partial charge in [-0.25, -0.2) is 0 Å². The number of nitrogens with one attached hydrogen (secondary N) is 1. The third-order valence-corrected chi connectivity index (χ3v) is 3.47. The molecule has 0 bridgehead atoms. The van der Waals surface area contributed by atoms with Crippen LogP contribution in [0.15, 0.2) is 34.3 Å². The van der Waals surface area contributed by atoms with E-state index in [4.69, 9.17) is 0 Å². The number of carbonyl (C=O) groups excluding carboxylic acids is 1. The molecule has 1 N–H and O–H groups in total. The first kappa shape index (κ1) is 12.6. The summed E-state index contributed by atoms with van der Waals surface area (Å²) in [5.41, 5.74) is 3.39. The van der Waals surface area contributed by atoms with Gasteiger partial charge < -0.3 is 9.88 Å². The van der Waals surface area contributed by atoms with Crippen LogP contribution in [0.1, 0.15) is 25.8 Å². The fraction of sp³-hybridized carbons (Fsp3) is 0.429. The highest BCUT2D eigenvalue weighted by Gasteiger charge is 2.18. The summed E-state index contributed by atoms with van der Waals surface area (Å²) < 4.78 is 0. The highest BCUT2D eigenvalue weighted by molar-refractivity contribution is 5.79. The van der Waals surface area contributed by atoms with E-state index in [9.17, 15) is 9.59 Å². The smallest absolute Gasteiger partial charge is 0.247 e.